The van der Waals surface area contributed by atoms with Gasteiger partial charge in [-0.2, -0.15) is 0 Å². The molecule has 2 saturated heterocycles. The largest absolute Gasteiger partial charge is 0.378 e. The average molecular weight is 486 g/mol. The molecule has 8 heteroatoms. The lowest BCUT2D eigenvalue weighted by atomic mass is 10.0. The number of carbonyl (C=O) groups is 2. The fourth-order valence-electron chi connectivity index (χ4n) is 4.50. The van der Waals surface area contributed by atoms with Gasteiger partial charge in [-0.1, -0.05) is 12.1 Å². The molecule has 5 rings (SSSR count). The number of morpholine rings is 1. The molecule has 0 unspecified atom stereocenters. The van der Waals surface area contributed by atoms with Gasteiger partial charge in [0.1, 0.15) is 0 Å². The SMILES string of the molecule is CN1CCN(C(=O)c2ccc(-c3cncc(C(=O)Nc4ccc(N5CCOCC5)cc4)c3)cc2)CC1. The Balaban J connectivity index is 1.23. The maximum absolute atomic E-state index is 12.9. The first-order valence-electron chi connectivity index (χ1n) is 12.3. The molecule has 2 aliphatic rings. The molecule has 36 heavy (non-hydrogen) atoms. The van der Waals surface area contributed by atoms with Crippen LogP contribution < -0.4 is 10.2 Å². The number of nitrogens with zero attached hydrogens (tertiary/aromatic N) is 4. The molecule has 2 amide bonds. The van der Waals surface area contributed by atoms with Gasteiger partial charge < -0.3 is 24.8 Å². The molecule has 1 N–H and O–H groups in total. The van der Waals surface area contributed by atoms with Crippen molar-refractivity contribution in [2.45, 2.75) is 0 Å². The summed E-state index contributed by atoms with van der Waals surface area (Å²) < 4.78 is 5.41. The van der Waals surface area contributed by atoms with Gasteiger partial charge in [0.05, 0.1) is 18.8 Å². The van der Waals surface area contributed by atoms with Gasteiger partial charge in [-0.05, 0) is 55.1 Å². The molecular weight excluding hydrogens is 454 g/mol. The first-order chi connectivity index (χ1) is 17.6. The van der Waals surface area contributed by atoms with Crippen molar-refractivity contribution in [3.05, 3.63) is 78.1 Å². The minimum absolute atomic E-state index is 0.0561. The first kappa shape index (κ1) is 24.0. The van der Waals surface area contributed by atoms with Crippen LogP contribution in [0.4, 0.5) is 11.4 Å². The molecule has 2 fully saturated rings. The van der Waals surface area contributed by atoms with Gasteiger partial charge in [0.15, 0.2) is 0 Å². The summed E-state index contributed by atoms with van der Waals surface area (Å²) in [6.07, 6.45) is 3.29. The van der Waals surface area contributed by atoms with Gasteiger partial charge in [-0.15, -0.1) is 0 Å². The van der Waals surface area contributed by atoms with Crippen molar-refractivity contribution >= 4 is 23.2 Å². The number of piperazine rings is 1. The summed E-state index contributed by atoms with van der Waals surface area (Å²) in [6.45, 7) is 6.48. The van der Waals surface area contributed by atoms with Gasteiger partial charge in [0, 0.05) is 74.2 Å². The molecule has 0 atom stereocenters. The van der Waals surface area contributed by atoms with Crippen LogP contribution in [-0.4, -0.2) is 86.1 Å². The minimum Gasteiger partial charge on any atom is -0.378 e. The van der Waals surface area contributed by atoms with Crippen LogP contribution in [0.1, 0.15) is 20.7 Å². The smallest absolute Gasteiger partial charge is 0.257 e. The van der Waals surface area contributed by atoms with Crippen LogP contribution in [0.25, 0.3) is 11.1 Å². The lowest BCUT2D eigenvalue weighted by molar-refractivity contribution is 0.0664. The second-order valence-corrected chi connectivity index (χ2v) is 9.24. The molecule has 0 aliphatic carbocycles. The Labute approximate surface area is 211 Å². The van der Waals surface area contributed by atoms with Crippen LogP contribution in [0.5, 0.6) is 0 Å². The van der Waals surface area contributed by atoms with Gasteiger partial charge in [-0.3, -0.25) is 14.6 Å². The highest BCUT2D eigenvalue weighted by molar-refractivity contribution is 6.04. The third kappa shape index (κ3) is 5.56. The summed E-state index contributed by atoms with van der Waals surface area (Å²) in [6, 6.07) is 17.2. The highest BCUT2D eigenvalue weighted by Crippen LogP contribution is 2.23. The minimum atomic E-state index is -0.217. The second kappa shape index (κ2) is 10.9. The second-order valence-electron chi connectivity index (χ2n) is 9.24. The molecule has 0 saturated carbocycles. The van der Waals surface area contributed by atoms with E-state index >= 15 is 0 Å². The Morgan fingerprint density at radius 2 is 1.50 bits per heavy atom. The Morgan fingerprint density at radius 1 is 0.806 bits per heavy atom. The van der Waals surface area contributed by atoms with E-state index in [1.54, 1.807) is 12.4 Å². The predicted octanol–water partition coefficient (Wildman–Crippen LogP) is 3.23. The molecule has 8 nitrogen and oxygen atoms in total. The van der Waals surface area contributed by atoms with E-state index in [9.17, 15) is 9.59 Å². The third-order valence-corrected chi connectivity index (χ3v) is 6.76. The Hall–Kier alpha value is -3.75. The topological polar surface area (TPSA) is 78.0 Å². The summed E-state index contributed by atoms with van der Waals surface area (Å²) in [5, 5.41) is 2.95. The van der Waals surface area contributed by atoms with Crippen LogP contribution in [0, 0.1) is 0 Å². The number of hydrogen-bond donors (Lipinski definition) is 1. The van der Waals surface area contributed by atoms with Gasteiger partial charge in [0.2, 0.25) is 0 Å². The van der Waals surface area contributed by atoms with E-state index in [1.165, 1.54) is 0 Å². The van der Waals surface area contributed by atoms with E-state index in [1.807, 2.05) is 59.5 Å². The fraction of sp³-hybridized carbons (Fsp3) is 0.321. The number of anilines is 2. The molecule has 0 bridgehead atoms. The Bertz CT molecular complexity index is 1200. The molecule has 3 aromatic rings. The number of likely N-dealkylation sites (N-methyl/N-ethyl adjacent to an activating group) is 1. The number of carbonyl (C=O) groups excluding carboxylic acids is 2. The zero-order valence-electron chi connectivity index (χ0n) is 20.5. The standard InChI is InChI=1S/C28H31N5O3/c1-31-10-12-33(13-11-31)28(35)22-4-2-21(3-5-22)23-18-24(20-29-19-23)27(34)30-25-6-8-26(9-7-25)32-14-16-36-17-15-32/h2-9,18-20H,10-17H2,1H3,(H,30,34). The molecule has 0 radical (unpaired) electrons. The van der Waals surface area contributed by atoms with Crippen molar-refractivity contribution in [3.63, 3.8) is 0 Å². The van der Waals surface area contributed by atoms with Crippen molar-refractivity contribution in [3.8, 4) is 11.1 Å². The zero-order valence-corrected chi connectivity index (χ0v) is 20.5. The first-order valence-corrected chi connectivity index (χ1v) is 12.3. The number of nitrogens with one attached hydrogen (secondary N) is 1. The Morgan fingerprint density at radius 3 is 2.19 bits per heavy atom. The quantitative estimate of drug-likeness (QED) is 0.598. The van der Waals surface area contributed by atoms with Crippen molar-refractivity contribution in [1.29, 1.82) is 0 Å². The molecular formula is C28H31N5O3. The number of pyridine rings is 1. The van der Waals surface area contributed by atoms with Crippen LogP contribution in [0.2, 0.25) is 0 Å². The van der Waals surface area contributed by atoms with E-state index in [-0.39, 0.29) is 11.8 Å². The summed E-state index contributed by atoms with van der Waals surface area (Å²) in [4.78, 5) is 36.4. The highest BCUT2D eigenvalue weighted by Gasteiger charge is 2.20. The lowest BCUT2D eigenvalue weighted by Gasteiger charge is -2.32. The molecule has 186 valence electrons. The normalized spacial score (nSPS) is 16.6. The molecule has 1 aromatic heterocycles. The Kier molecular flexibility index (Phi) is 7.25. The van der Waals surface area contributed by atoms with Gasteiger partial charge in [0.25, 0.3) is 11.8 Å². The van der Waals surface area contributed by atoms with E-state index in [2.05, 4.69) is 27.1 Å². The van der Waals surface area contributed by atoms with Crippen molar-refractivity contribution in [2.75, 3.05) is 69.7 Å². The summed E-state index contributed by atoms with van der Waals surface area (Å²) >= 11 is 0. The summed E-state index contributed by atoms with van der Waals surface area (Å²) in [7, 11) is 2.07. The van der Waals surface area contributed by atoms with Crippen LogP contribution in [-0.2, 0) is 4.74 Å². The molecule has 2 aromatic carbocycles. The lowest BCUT2D eigenvalue weighted by Crippen LogP contribution is -2.47. The zero-order chi connectivity index (χ0) is 24.9. The molecule has 0 spiro atoms. The molecule has 2 aliphatic heterocycles. The number of hydrogen-bond acceptors (Lipinski definition) is 6. The predicted molar refractivity (Wildman–Crippen MR) is 141 cm³/mol. The van der Waals surface area contributed by atoms with Crippen LogP contribution >= 0.6 is 0 Å². The summed E-state index contributed by atoms with van der Waals surface area (Å²) in [5.74, 6) is -0.161. The van der Waals surface area contributed by atoms with Crippen molar-refractivity contribution in [1.82, 2.24) is 14.8 Å². The van der Waals surface area contributed by atoms with Crippen molar-refractivity contribution < 1.29 is 14.3 Å². The van der Waals surface area contributed by atoms with E-state index in [4.69, 9.17) is 4.74 Å². The monoisotopic (exact) mass is 485 g/mol. The maximum Gasteiger partial charge on any atom is 0.257 e. The highest BCUT2D eigenvalue weighted by atomic mass is 16.5. The summed E-state index contributed by atoms with van der Waals surface area (Å²) in [5.41, 5.74) is 4.72. The van der Waals surface area contributed by atoms with E-state index < -0.39 is 0 Å². The maximum atomic E-state index is 12.9. The number of amides is 2. The number of rotatable bonds is 5. The van der Waals surface area contributed by atoms with Gasteiger partial charge in [-0.25, -0.2) is 0 Å². The van der Waals surface area contributed by atoms with Crippen LogP contribution in [0.3, 0.4) is 0 Å². The van der Waals surface area contributed by atoms with Crippen molar-refractivity contribution in [2.24, 2.45) is 0 Å². The third-order valence-electron chi connectivity index (χ3n) is 6.76. The number of benzene rings is 2. The average Bonchev–Trinajstić information content (AvgIpc) is 2.94. The van der Waals surface area contributed by atoms with Crippen LogP contribution in [0.15, 0.2) is 67.0 Å². The number of aromatic nitrogens is 1. The number of ether oxygens (including phenoxy) is 1. The molecule has 3 heterocycles. The van der Waals surface area contributed by atoms with E-state index in [0.717, 1.165) is 75.0 Å². The van der Waals surface area contributed by atoms with E-state index in [0.29, 0.717) is 11.1 Å². The van der Waals surface area contributed by atoms with Gasteiger partial charge >= 0.3 is 0 Å². The fourth-order valence-corrected chi connectivity index (χ4v) is 4.50.